The number of methoxy groups -OCH3 is 1. The van der Waals surface area contributed by atoms with Gasteiger partial charge >= 0.3 is 6.18 Å². The Hall–Kier alpha value is -2.10. The summed E-state index contributed by atoms with van der Waals surface area (Å²) in [5.41, 5.74) is 0.879. The Kier molecular flexibility index (Phi) is 6.81. The minimum Gasteiger partial charge on any atom is -0.491 e. The molecule has 0 aliphatic carbocycles. The van der Waals surface area contributed by atoms with Crippen LogP contribution in [0.3, 0.4) is 0 Å². The highest BCUT2D eigenvalue weighted by Crippen LogP contribution is 2.39. The molecule has 0 unspecified atom stereocenters. The van der Waals surface area contributed by atoms with Crippen LogP contribution in [0.1, 0.15) is 42.3 Å². The van der Waals surface area contributed by atoms with Gasteiger partial charge in [-0.1, -0.05) is 0 Å². The molecule has 0 bridgehead atoms. The number of aryl methyl sites for hydroxylation is 1. The van der Waals surface area contributed by atoms with Crippen molar-refractivity contribution in [2.24, 2.45) is 0 Å². The zero-order valence-electron chi connectivity index (χ0n) is 16.5. The Labute approximate surface area is 167 Å². The lowest BCUT2D eigenvalue weighted by Crippen LogP contribution is -2.20. The van der Waals surface area contributed by atoms with Crippen LogP contribution in [0.5, 0.6) is 5.75 Å². The highest BCUT2D eigenvalue weighted by atomic mass is 19.4. The summed E-state index contributed by atoms with van der Waals surface area (Å²) in [6.07, 6.45) is -2.36. The van der Waals surface area contributed by atoms with E-state index < -0.39 is 11.7 Å². The number of rotatable bonds is 7. The fourth-order valence-corrected chi connectivity index (χ4v) is 3.43. The summed E-state index contributed by atoms with van der Waals surface area (Å²) in [4.78, 5) is 0. The van der Waals surface area contributed by atoms with Crippen LogP contribution in [0.25, 0.3) is 11.3 Å². The molecule has 6 nitrogen and oxygen atoms in total. The van der Waals surface area contributed by atoms with Crippen LogP contribution in [0.4, 0.5) is 13.2 Å². The molecular formula is C20H25F3N2O4. The van der Waals surface area contributed by atoms with E-state index in [1.54, 1.807) is 11.6 Å². The summed E-state index contributed by atoms with van der Waals surface area (Å²) in [7, 11) is 1.49. The maximum absolute atomic E-state index is 13.5. The standard InChI is InChI=1S/C20H25F3N2O4/c1-13-17(12-26)19(25(24-13)18-5-3-4-6-29-18)14-9-15(20(21,22)23)11-16(10-14)28-8-7-27-2/h9-11,18,26H,3-8,12H2,1-2H3/t18-/m1/s1. The molecule has 29 heavy (non-hydrogen) atoms. The van der Waals surface area contributed by atoms with Crippen molar-refractivity contribution in [1.82, 2.24) is 9.78 Å². The summed E-state index contributed by atoms with van der Waals surface area (Å²) in [6.45, 7) is 2.31. The number of nitrogens with zero attached hydrogens (tertiary/aromatic N) is 2. The van der Waals surface area contributed by atoms with Gasteiger partial charge in [0.1, 0.15) is 12.4 Å². The quantitative estimate of drug-likeness (QED) is 0.692. The molecule has 1 N–H and O–H groups in total. The van der Waals surface area contributed by atoms with E-state index in [2.05, 4.69) is 5.10 Å². The monoisotopic (exact) mass is 414 g/mol. The Morgan fingerprint density at radius 2 is 2.03 bits per heavy atom. The third kappa shape index (κ3) is 4.91. The topological polar surface area (TPSA) is 65.7 Å². The number of aliphatic hydroxyl groups excluding tert-OH is 1. The first-order valence-electron chi connectivity index (χ1n) is 9.50. The summed E-state index contributed by atoms with van der Waals surface area (Å²) < 4.78 is 58.3. The highest BCUT2D eigenvalue weighted by Gasteiger charge is 2.33. The van der Waals surface area contributed by atoms with Gasteiger partial charge < -0.3 is 19.3 Å². The van der Waals surface area contributed by atoms with Crippen LogP contribution < -0.4 is 4.74 Å². The predicted octanol–water partition coefficient (Wildman–Crippen LogP) is 4.09. The molecule has 160 valence electrons. The first kappa shape index (κ1) is 21.6. The molecule has 1 aliphatic heterocycles. The van der Waals surface area contributed by atoms with Gasteiger partial charge in [0, 0.05) is 24.8 Å². The van der Waals surface area contributed by atoms with Crippen molar-refractivity contribution in [3.05, 3.63) is 35.0 Å². The third-order valence-corrected chi connectivity index (χ3v) is 4.86. The predicted molar refractivity (Wildman–Crippen MR) is 99.5 cm³/mol. The van der Waals surface area contributed by atoms with Crippen LogP contribution in [-0.2, 0) is 22.3 Å². The van der Waals surface area contributed by atoms with Crippen LogP contribution in [0.15, 0.2) is 18.2 Å². The van der Waals surface area contributed by atoms with E-state index in [4.69, 9.17) is 14.2 Å². The smallest absolute Gasteiger partial charge is 0.416 e. The Bertz CT molecular complexity index is 830. The number of aliphatic hydroxyl groups is 1. The zero-order valence-corrected chi connectivity index (χ0v) is 16.5. The third-order valence-electron chi connectivity index (χ3n) is 4.86. The number of halogens is 3. The van der Waals surface area contributed by atoms with E-state index in [0.717, 1.165) is 25.0 Å². The van der Waals surface area contributed by atoms with E-state index in [-0.39, 0.29) is 37.4 Å². The summed E-state index contributed by atoms with van der Waals surface area (Å²) in [5, 5.41) is 14.3. The summed E-state index contributed by atoms with van der Waals surface area (Å²) >= 11 is 0. The largest absolute Gasteiger partial charge is 0.491 e. The maximum Gasteiger partial charge on any atom is 0.416 e. The van der Waals surface area contributed by atoms with Gasteiger partial charge in [0.2, 0.25) is 0 Å². The van der Waals surface area contributed by atoms with Gasteiger partial charge in [-0.2, -0.15) is 18.3 Å². The zero-order chi connectivity index (χ0) is 21.0. The molecule has 3 rings (SSSR count). The van der Waals surface area contributed by atoms with E-state index in [0.29, 0.717) is 30.0 Å². The van der Waals surface area contributed by atoms with Crippen LogP contribution in [0, 0.1) is 6.92 Å². The van der Waals surface area contributed by atoms with Crippen molar-refractivity contribution in [2.75, 3.05) is 26.9 Å². The van der Waals surface area contributed by atoms with Crippen LogP contribution >= 0.6 is 0 Å². The average molecular weight is 414 g/mol. The van der Waals surface area contributed by atoms with Gasteiger partial charge in [0.05, 0.1) is 30.2 Å². The Balaban J connectivity index is 2.11. The van der Waals surface area contributed by atoms with Gasteiger partial charge in [-0.3, -0.25) is 0 Å². The maximum atomic E-state index is 13.5. The van der Waals surface area contributed by atoms with E-state index in [9.17, 15) is 18.3 Å². The number of benzene rings is 1. The van der Waals surface area contributed by atoms with Gasteiger partial charge in [-0.25, -0.2) is 4.68 Å². The molecule has 0 spiro atoms. The minimum atomic E-state index is -4.55. The summed E-state index contributed by atoms with van der Waals surface area (Å²) in [5.74, 6) is 0.0748. The second-order valence-corrected chi connectivity index (χ2v) is 6.92. The fraction of sp³-hybridized carbons (Fsp3) is 0.550. The lowest BCUT2D eigenvalue weighted by atomic mass is 10.0. The van der Waals surface area contributed by atoms with Crippen molar-refractivity contribution in [3.63, 3.8) is 0 Å². The normalized spacial score (nSPS) is 17.5. The Morgan fingerprint density at radius 3 is 2.66 bits per heavy atom. The molecule has 0 saturated carbocycles. The molecule has 0 amide bonds. The average Bonchev–Trinajstić information content (AvgIpc) is 3.04. The van der Waals surface area contributed by atoms with Gasteiger partial charge in [-0.05, 0) is 44.4 Å². The number of ether oxygens (including phenoxy) is 3. The SMILES string of the molecule is COCCOc1cc(-c2c(CO)c(C)nn2[C@H]2CCCCO2)cc(C(F)(F)F)c1. The van der Waals surface area contributed by atoms with E-state index in [1.807, 2.05) is 0 Å². The van der Waals surface area contributed by atoms with Crippen molar-refractivity contribution in [1.29, 1.82) is 0 Å². The summed E-state index contributed by atoms with van der Waals surface area (Å²) in [6, 6.07) is 3.54. The number of aromatic nitrogens is 2. The van der Waals surface area contributed by atoms with Crippen molar-refractivity contribution in [3.8, 4) is 17.0 Å². The van der Waals surface area contributed by atoms with Gasteiger partial charge in [0.15, 0.2) is 6.23 Å². The molecular weight excluding hydrogens is 389 g/mol. The lowest BCUT2D eigenvalue weighted by molar-refractivity contribution is -0.137. The molecule has 1 aliphatic rings. The molecule has 0 radical (unpaired) electrons. The molecule has 1 atom stereocenters. The van der Waals surface area contributed by atoms with Gasteiger partial charge in [-0.15, -0.1) is 0 Å². The van der Waals surface area contributed by atoms with E-state index in [1.165, 1.54) is 13.2 Å². The van der Waals surface area contributed by atoms with Crippen molar-refractivity contribution in [2.45, 2.75) is 45.2 Å². The Morgan fingerprint density at radius 1 is 1.24 bits per heavy atom. The first-order chi connectivity index (χ1) is 13.8. The molecule has 9 heteroatoms. The number of alkyl halides is 3. The van der Waals surface area contributed by atoms with Gasteiger partial charge in [0.25, 0.3) is 0 Å². The minimum absolute atomic E-state index is 0.0748. The first-order valence-corrected chi connectivity index (χ1v) is 9.50. The van der Waals surface area contributed by atoms with Crippen LogP contribution in [0.2, 0.25) is 0 Å². The molecule has 1 aromatic heterocycles. The molecule has 2 aromatic rings. The van der Waals surface area contributed by atoms with Crippen molar-refractivity contribution >= 4 is 0 Å². The number of hydrogen-bond donors (Lipinski definition) is 1. The van der Waals surface area contributed by atoms with E-state index >= 15 is 0 Å². The second kappa shape index (κ2) is 9.15. The molecule has 1 fully saturated rings. The lowest BCUT2D eigenvalue weighted by Gasteiger charge is -2.25. The fourth-order valence-electron chi connectivity index (χ4n) is 3.43. The second-order valence-electron chi connectivity index (χ2n) is 6.92. The molecule has 2 heterocycles. The highest BCUT2D eigenvalue weighted by molar-refractivity contribution is 5.67. The molecule has 1 saturated heterocycles. The molecule has 1 aromatic carbocycles. The van der Waals surface area contributed by atoms with Crippen LogP contribution in [-0.4, -0.2) is 41.8 Å². The number of hydrogen-bond acceptors (Lipinski definition) is 5. The van der Waals surface area contributed by atoms with Crippen molar-refractivity contribution < 1.29 is 32.5 Å².